The van der Waals surface area contributed by atoms with Gasteiger partial charge in [-0.15, -0.1) is 0 Å². The number of hydrogen-bond donors (Lipinski definition) is 2. The van der Waals surface area contributed by atoms with Gasteiger partial charge in [-0.05, 0) is 12.8 Å². The maximum absolute atomic E-state index is 12.4. The van der Waals surface area contributed by atoms with Crippen LogP contribution in [0.2, 0.25) is 5.02 Å². The summed E-state index contributed by atoms with van der Waals surface area (Å²) in [6.45, 7) is 1.03. The molecule has 1 aromatic heterocycles. The number of amides is 1. The summed E-state index contributed by atoms with van der Waals surface area (Å²) in [5, 5.41) is 24.2. The van der Waals surface area contributed by atoms with Crippen LogP contribution in [-0.4, -0.2) is 56.1 Å². The van der Waals surface area contributed by atoms with Gasteiger partial charge in [-0.1, -0.05) is 11.6 Å². The van der Waals surface area contributed by atoms with E-state index in [1.54, 1.807) is 18.1 Å². The van der Waals surface area contributed by atoms with Gasteiger partial charge in [0, 0.05) is 38.2 Å². The average molecular weight is 300 g/mol. The van der Waals surface area contributed by atoms with Crippen LogP contribution < -0.4 is 0 Å². The van der Waals surface area contributed by atoms with Crippen molar-refractivity contribution in [2.24, 2.45) is 12.5 Å². The predicted molar refractivity (Wildman–Crippen MR) is 72.4 cm³/mol. The van der Waals surface area contributed by atoms with E-state index >= 15 is 0 Å². The van der Waals surface area contributed by atoms with E-state index in [0.717, 1.165) is 0 Å². The molecule has 2 N–H and O–H groups in total. The van der Waals surface area contributed by atoms with Crippen LogP contribution in [0.3, 0.4) is 0 Å². The van der Waals surface area contributed by atoms with Crippen LogP contribution in [0, 0.1) is 5.41 Å². The second-order valence-corrected chi connectivity index (χ2v) is 6.20. The lowest BCUT2D eigenvalue weighted by Crippen LogP contribution is -2.61. The molecule has 6 nitrogen and oxygen atoms in total. The molecular formula is C13H18ClN3O3. The van der Waals surface area contributed by atoms with Crippen molar-refractivity contribution in [3.05, 3.63) is 16.9 Å². The molecule has 0 bridgehead atoms. The maximum Gasteiger partial charge on any atom is 0.275 e. The largest absolute Gasteiger partial charge is 0.392 e. The fraction of sp³-hybridized carbons (Fsp3) is 0.692. The van der Waals surface area contributed by atoms with E-state index in [-0.39, 0.29) is 11.6 Å². The summed E-state index contributed by atoms with van der Waals surface area (Å²) in [6, 6.07) is 0. The van der Waals surface area contributed by atoms with Crippen molar-refractivity contribution >= 4 is 17.5 Å². The summed E-state index contributed by atoms with van der Waals surface area (Å²) in [7, 11) is 1.72. The first-order valence-electron chi connectivity index (χ1n) is 6.78. The van der Waals surface area contributed by atoms with Gasteiger partial charge in [0.15, 0.2) is 5.69 Å². The van der Waals surface area contributed by atoms with Gasteiger partial charge in [-0.25, -0.2) is 0 Å². The average Bonchev–Trinajstić information content (AvgIpc) is 2.77. The Morgan fingerprint density at radius 1 is 1.40 bits per heavy atom. The third-order valence-electron chi connectivity index (χ3n) is 4.74. The Hall–Kier alpha value is -1.11. The molecule has 2 atom stereocenters. The first kappa shape index (κ1) is 13.9. The summed E-state index contributed by atoms with van der Waals surface area (Å²) in [5.74, 6) is -0.186. The van der Waals surface area contributed by atoms with Crippen LogP contribution in [0.25, 0.3) is 0 Å². The molecule has 0 radical (unpaired) electrons. The quantitative estimate of drug-likeness (QED) is 0.788. The molecule has 1 aliphatic carbocycles. The Morgan fingerprint density at radius 2 is 2.00 bits per heavy atom. The zero-order chi connectivity index (χ0) is 14.5. The van der Waals surface area contributed by atoms with Gasteiger partial charge in [0.25, 0.3) is 5.91 Å². The molecule has 1 saturated heterocycles. The third kappa shape index (κ3) is 1.94. The van der Waals surface area contributed by atoms with E-state index in [1.165, 1.54) is 4.68 Å². The number of aliphatic hydroxyl groups excluding tert-OH is 2. The van der Waals surface area contributed by atoms with E-state index in [1.807, 2.05) is 0 Å². The Bertz CT molecular complexity index is 527. The third-order valence-corrected chi connectivity index (χ3v) is 5.02. The molecule has 2 fully saturated rings. The highest BCUT2D eigenvalue weighted by atomic mass is 35.5. The molecule has 1 amide bonds. The number of halogens is 1. The minimum Gasteiger partial charge on any atom is -0.392 e. The van der Waals surface area contributed by atoms with Crippen molar-refractivity contribution in [1.29, 1.82) is 0 Å². The summed E-state index contributed by atoms with van der Waals surface area (Å²) < 4.78 is 1.51. The van der Waals surface area contributed by atoms with Crippen LogP contribution in [0.5, 0.6) is 0 Å². The number of likely N-dealkylation sites (tertiary alicyclic amines) is 1. The topological polar surface area (TPSA) is 78.6 Å². The molecular weight excluding hydrogens is 282 g/mol. The van der Waals surface area contributed by atoms with E-state index in [9.17, 15) is 15.0 Å². The van der Waals surface area contributed by atoms with Crippen molar-refractivity contribution in [1.82, 2.24) is 14.7 Å². The van der Waals surface area contributed by atoms with Gasteiger partial charge < -0.3 is 15.1 Å². The molecule has 2 heterocycles. The summed E-state index contributed by atoms with van der Waals surface area (Å²) in [5.41, 5.74) is -0.148. The molecule has 1 spiro atoms. The fourth-order valence-corrected chi connectivity index (χ4v) is 3.55. The Balaban J connectivity index is 1.69. The van der Waals surface area contributed by atoms with Gasteiger partial charge in [-0.2, -0.15) is 5.10 Å². The number of aliphatic hydroxyl groups is 2. The molecule has 7 heteroatoms. The second kappa shape index (κ2) is 4.72. The van der Waals surface area contributed by atoms with E-state index in [2.05, 4.69) is 5.10 Å². The highest BCUT2D eigenvalue weighted by Crippen LogP contribution is 2.49. The number of rotatable bonds is 1. The number of carbonyl (C=O) groups is 1. The van der Waals surface area contributed by atoms with Crippen molar-refractivity contribution < 1.29 is 15.0 Å². The monoisotopic (exact) mass is 299 g/mol. The molecule has 1 aliphatic heterocycles. The Morgan fingerprint density at radius 3 is 2.45 bits per heavy atom. The molecule has 110 valence electrons. The molecule has 2 aliphatic rings. The normalized spacial score (nSPS) is 28.5. The fourth-order valence-electron chi connectivity index (χ4n) is 3.29. The SMILES string of the molecule is Cn1cc(Cl)c(C(=O)N2CCC3(CC2)[C@H](O)C[C@@H]3O)n1. The Labute approximate surface area is 121 Å². The van der Waals surface area contributed by atoms with Crippen LogP contribution >= 0.6 is 11.6 Å². The molecule has 1 saturated carbocycles. The zero-order valence-electron chi connectivity index (χ0n) is 11.3. The van der Waals surface area contributed by atoms with Crippen LogP contribution in [0.4, 0.5) is 0 Å². The number of piperidine rings is 1. The van der Waals surface area contributed by atoms with Crippen LogP contribution in [-0.2, 0) is 7.05 Å². The first-order valence-corrected chi connectivity index (χ1v) is 7.16. The summed E-state index contributed by atoms with van der Waals surface area (Å²) in [4.78, 5) is 14.0. The van der Waals surface area contributed by atoms with Crippen LogP contribution in [0.1, 0.15) is 29.8 Å². The number of aromatic nitrogens is 2. The number of hydrogen-bond acceptors (Lipinski definition) is 4. The van der Waals surface area contributed by atoms with E-state index in [4.69, 9.17) is 11.6 Å². The lowest BCUT2D eigenvalue weighted by Gasteiger charge is -2.54. The predicted octanol–water partition coefficient (Wildman–Crippen LogP) is 0.421. The minimum atomic E-state index is -0.451. The van der Waals surface area contributed by atoms with Crippen LogP contribution in [0.15, 0.2) is 6.20 Å². The number of carbonyl (C=O) groups excluding carboxylic acids is 1. The van der Waals surface area contributed by atoms with E-state index < -0.39 is 17.6 Å². The van der Waals surface area contributed by atoms with E-state index in [0.29, 0.717) is 37.4 Å². The molecule has 0 aromatic carbocycles. The lowest BCUT2D eigenvalue weighted by atomic mass is 9.58. The highest BCUT2D eigenvalue weighted by Gasteiger charge is 2.55. The van der Waals surface area contributed by atoms with Crippen molar-refractivity contribution in [2.75, 3.05) is 13.1 Å². The van der Waals surface area contributed by atoms with Gasteiger partial charge in [-0.3, -0.25) is 9.48 Å². The standard InChI is InChI=1S/C13H18ClN3O3/c1-16-7-8(14)11(15-16)12(20)17-4-2-13(3-5-17)9(18)6-10(13)19/h7,9-10,18-19H,2-6H2,1H3/t9-,10+. The number of aryl methyl sites for hydroxylation is 1. The summed E-state index contributed by atoms with van der Waals surface area (Å²) >= 11 is 5.99. The Kier molecular flexibility index (Phi) is 3.27. The molecule has 20 heavy (non-hydrogen) atoms. The molecule has 3 rings (SSSR count). The minimum absolute atomic E-state index is 0.186. The van der Waals surface area contributed by atoms with Crippen molar-refractivity contribution in [2.45, 2.75) is 31.5 Å². The lowest BCUT2D eigenvalue weighted by molar-refractivity contribution is -0.187. The summed E-state index contributed by atoms with van der Waals surface area (Å²) in [6.07, 6.45) is 2.37. The van der Waals surface area contributed by atoms with Crippen molar-refractivity contribution in [3.8, 4) is 0 Å². The highest BCUT2D eigenvalue weighted by molar-refractivity contribution is 6.33. The van der Waals surface area contributed by atoms with Gasteiger partial charge in [0.1, 0.15) is 0 Å². The zero-order valence-corrected chi connectivity index (χ0v) is 12.0. The van der Waals surface area contributed by atoms with Gasteiger partial charge >= 0.3 is 0 Å². The van der Waals surface area contributed by atoms with Gasteiger partial charge in [0.05, 0.1) is 17.2 Å². The molecule has 1 aromatic rings. The molecule has 0 unspecified atom stereocenters. The number of nitrogens with zero attached hydrogens (tertiary/aromatic N) is 3. The van der Waals surface area contributed by atoms with Crippen molar-refractivity contribution in [3.63, 3.8) is 0 Å². The maximum atomic E-state index is 12.4. The first-order chi connectivity index (χ1) is 9.44. The smallest absolute Gasteiger partial charge is 0.275 e. The second-order valence-electron chi connectivity index (χ2n) is 5.79. The van der Waals surface area contributed by atoms with Gasteiger partial charge in [0.2, 0.25) is 0 Å².